The van der Waals surface area contributed by atoms with Crippen molar-refractivity contribution in [3.63, 3.8) is 0 Å². The van der Waals surface area contributed by atoms with E-state index in [-0.39, 0.29) is 36.8 Å². The predicted molar refractivity (Wildman–Crippen MR) is 102 cm³/mol. The summed E-state index contributed by atoms with van der Waals surface area (Å²) >= 11 is 5.91. The number of carbonyl (C=O) groups excluding carboxylic acids is 1. The lowest BCUT2D eigenvalue weighted by atomic mass is 10.1. The first-order valence-electron chi connectivity index (χ1n) is 7.41. The number of amides is 1. The maximum absolute atomic E-state index is 12.7. The van der Waals surface area contributed by atoms with Gasteiger partial charge in [0, 0.05) is 42.1 Å². The van der Waals surface area contributed by atoms with Gasteiger partial charge in [-0.2, -0.15) is 0 Å². The highest BCUT2D eigenvalue weighted by molar-refractivity contribution is 6.30. The largest absolute Gasteiger partial charge is 0.334 e. The standard InChI is InChI=1S/C17H18ClN3O.2ClH/c18-15-5-3-12(4-6-15)13-8-14(11-20-10-13)17(22)21-7-1-2-16(21)9-19;;/h3-6,8,10-11,16H,1-2,7,9,19H2;2*1H. The number of likely N-dealkylation sites (tertiary alicyclic amines) is 1. The van der Waals surface area contributed by atoms with E-state index in [0.29, 0.717) is 17.1 Å². The molecule has 0 spiro atoms. The Morgan fingerprint density at radius 1 is 1.21 bits per heavy atom. The molecule has 0 aliphatic carbocycles. The van der Waals surface area contributed by atoms with Crippen molar-refractivity contribution in [2.24, 2.45) is 5.73 Å². The fourth-order valence-corrected chi connectivity index (χ4v) is 3.00. The number of nitrogens with zero attached hydrogens (tertiary/aromatic N) is 2. The molecule has 1 atom stereocenters. The van der Waals surface area contributed by atoms with Crippen molar-refractivity contribution >= 4 is 42.3 Å². The van der Waals surface area contributed by atoms with E-state index in [0.717, 1.165) is 30.5 Å². The van der Waals surface area contributed by atoms with Crippen LogP contribution in [0.3, 0.4) is 0 Å². The third-order valence-electron chi connectivity index (χ3n) is 4.07. The molecule has 0 bridgehead atoms. The quantitative estimate of drug-likeness (QED) is 0.870. The van der Waals surface area contributed by atoms with Gasteiger partial charge in [-0.15, -0.1) is 24.8 Å². The summed E-state index contributed by atoms with van der Waals surface area (Å²) < 4.78 is 0. The van der Waals surface area contributed by atoms with E-state index < -0.39 is 0 Å². The first-order valence-corrected chi connectivity index (χ1v) is 7.79. The Kier molecular flexibility index (Phi) is 7.97. The van der Waals surface area contributed by atoms with Crippen molar-refractivity contribution in [2.75, 3.05) is 13.1 Å². The van der Waals surface area contributed by atoms with Crippen LogP contribution < -0.4 is 5.73 Å². The third kappa shape index (κ3) is 4.39. The van der Waals surface area contributed by atoms with Gasteiger partial charge in [-0.25, -0.2) is 0 Å². The van der Waals surface area contributed by atoms with Gasteiger partial charge in [-0.1, -0.05) is 23.7 Å². The smallest absolute Gasteiger partial charge is 0.255 e. The van der Waals surface area contributed by atoms with Crippen molar-refractivity contribution in [3.05, 3.63) is 53.3 Å². The van der Waals surface area contributed by atoms with Crippen LogP contribution in [0.1, 0.15) is 23.2 Å². The maximum atomic E-state index is 12.7. The average Bonchev–Trinajstić information content (AvgIpc) is 3.03. The number of nitrogens with two attached hydrogens (primary N) is 1. The van der Waals surface area contributed by atoms with Crippen LogP contribution in [0.5, 0.6) is 0 Å². The number of aromatic nitrogens is 1. The molecule has 2 heterocycles. The third-order valence-corrected chi connectivity index (χ3v) is 4.32. The molecule has 2 aromatic rings. The lowest BCUT2D eigenvalue weighted by molar-refractivity contribution is 0.0741. The van der Waals surface area contributed by atoms with E-state index in [1.165, 1.54) is 0 Å². The highest BCUT2D eigenvalue weighted by Crippen LogP contribution is 2.24. The average molecular weight is 389 g/mol. The number of pyridine rings is 1. The SMILES string of the molecule is Cl.Cl.NCC1CCCN1C(=O)c1cncc(-c2ccc(Cl)cc2)c1. The molecule has 1 amide bonds. The molecule has 24 heavy (non-hydrogen) atoms. The summed E-state index contributed by atoms with van der Waals surface area (Å²) in [4.78, 5) is 18.7. The van der Waals surface area contributed by atoms with Crippen LogP contribution in [-0.4, -0.2) is 34.9 Å². The predicted octanol–water partition coefficient (Wildman–Crippen LogP) is 3.81. The van der Waals surface area contributed by atoms with Crippen molar-refractivity contribution in [2.45, 2.75) is 18.9 Å². The number of hydrogen-bond donors (Lipinski definition) is 1. The number of rotatable bonds is 3. The Morgan fingerprint density at radius 2 is 1.92 bits per heavy atom. The molecule has 3 rings (SSSR count). The van der Waals surface area contributed by atoms with E-state index in [4.69, 9.17) is 17.3 Å². The van der Waals surface area contributed by atoms with Gasteiger partial charge in [0.1, 0.15) is 0 Å². The van der Waals surface area contributed by atoms with Crippen molar-refractivity contribution in [1.29, 1.82) is 0 Å². The van der Waals surface area contributed by atoms with Crippen molar-refractivity contribution in [1.82, 2.24) is 9.88 Å². The highest BCUT2D eigenvalue weighted by atomic mass is 35.5. The van der Waals surface area contributed by atoms with Gasteiger partial charge in [0.25, 0.3) is 5.91 Å². The molecule has 0 radical (unpaired) electrons. The molecular weight excluding hydrogens is 369 g/mol. The van der Waals surface area contributed by atoms with Crippen molar-refractivity contribution in [3.8, 4) is 11.1 Å². The fraction of sp³-hybridized carbons (Fsp3) is 0.294. The zero-order valence-corrected chi connectivity index (χ0v) is 15.4. The zero-order valence-electron chi connectivity index (χ0n) is 13.0. The molecule has 7 heteroatoms. The Hall–Kier alpha value is -1.33. The molecule has 4 nitrogen and oxygen atoms in total. The first kappa shape index (κ1) is 20.7. The molecule has 1 saturated heterocycles. The molecule has 130 valence electrons. The summed E-state index contributed by atoms with van der Waals surface area (Å²) in [5.41, 5.74) is 8.26. The van der Waals surface area contributed by atoms with Crippen LogP contribution in [0.4, 0.5) is 0 Å². The summed E-state index contributed by atoms with van der Waals surface area (Å²) in [7, 11) is 0. The molecule has 1 aliphatic rings. The molecule has 2 N–H and O–H groups in total. The van der Waals surface area contributed by atoms with E-state index in [2.05, 4.69) is 4.98 Å². The molecule has 0 saturated carbocycles. The number of carbonyl (C=O) groups is 1. The van der Waals surface area contributed by atoms with Gasteiger partial charge >= 0.3 is 0 Å². The second-order valence-corrected chi connectivity index (χ2v) is 5.94. The van der Waals surface area contributed by atoms with Crippen LogP contribution in [0.15, 0.2) is 42.7 Å². The van der Waals surface area contributed by atoms with Crippen LogP contribution in [0.25, 0.3) is 11.1 Å². The van der Waals surface area contributed by atoms with Gasteiger partial charge in [-0.3, -0.25) is 9.78 Å². The van der Waals surface area contributed by atoms with E-state index >= 15 is 0 Å². The minimum atomic E-state index is 0. The number of halogens is 3. The fourth-order valence-electron chi connectivity index (χ4n) is 2.87. The molecular formula is C17H20Cl3N3O. The summed E-state index contributed by atoms with van der Waals surface area (Å²) in [6.45, 7) is 1.28. The lowest BCUT2D eigenvalue weighted by Gasteiger charge is -2.23. The normalized spacial score (nSPS) is 16.2. The first-order chi connectivity index (χ1) is 10.7. The van der Waals surface area contributed by atoms with Crippen molar-refractivity contribution < 1.29 is 4.79 Å². The van der Waals surface area contributed by atoms with Gasteiger partial charge < -0.3 is 10.6 Å². The molecule has 1 aromatic carbocycles. The van der Waals surface area contributed by atoms with E-state index in [1.54, 1.807) is 12.4 Å². The minimum absolute atomic E-state index is 0. The molecule has 1 aromatic heterocycles. The molecule has 1 unspecified atom stereocenters. The minimum Gasteiger partial charge on any atom is -0.334 e. The van der Waals surface area contributed by atoms with Crippen LogP contribution >= 0.6 is 36.4 Å². The zero-order chi connectivity index (χ0) is 15.5. The Labute approximate surface area is 159 Å². The number of hydrogen-bond acceptors (Lipinski definition) is 3. The summed E-state index contributed by atoms with van der Waals surface area (Å²) in [5, 5.41) is 0.687. The topological polar surface area (TPSA) is 59.2 Å². The van der Waals surface area contributed by atoms with Crippen LogP contribution in [0, 0.1) is 0 Å². The summed E-state index contributed by atoms with van der Waals surface area (Å²) in [6.07, 6.45) is 5.36. The van der Waals surface area contributed by atoms with E-state index in [1.807, 2.05) is 35.2 Å². The van der Waals surface area contributed by atoms with Crippen LogP contribution in [-0.2, 0) is 0 Å². The van der Waals surface area contributed by atoms with Gasteiger partial charge in [-0.05, 0) is 36.6 Å². The summed E-state index contributed by atoms with van der Waals surface area (Å²) in [5.74, 6) is 0.0104. The Balaban J connectivity index is 0.00000144. The second kappa shape index (κ2) is 9.23. The molecule has 1 aliphatic heterocycles. The highest BCUT2D eigenvalue weighted by Gasteiger charge is 2.28. The Morgan fingerprint density at radius 3 is 2.58 bits per heavy atom. The van der Waals surface area contributed by atoms with Gasteiger partial charge in [0.05, 0.1) is 5.56 Å². The van der Waals surface area contributed by atoms with E-state index in [9.17, 15) is 4.79 Å². The second-order valence-electron chi connectivity index (χ2n) is 5.50. The lowest BCUT2D eigenvalue weighted by Crippen LogP contribution is -2.39. The monoisotopic (exact) mass is 387 g/mol. The van der Waals surface area contributed by atoms with Crippen LogP contribution in [0.2, 0.25) is 5.02 Å². The van der Waals surface area contributed by atoms with Gasteiger partial charge in [0.15, 0.2) is 0 Å². The maximum Gasteiger partial charge on any atom is 0.255 e. The Bertz CT molecular complexity index is 679. The van der Waals surface area contributed by atoms with Gasteiger partial charge in [0.2, 0.25) is 0 Å². The number of benzene rings is 1. The summed E-state index contributed by atoms with van der Waals surface area (Å²) in [6, 6.07) is 9.53. The molecule has 1 fully saturated rings.